The van der Waals surface area contributed by atoms with Crippen LogP contribution in [0, 0.1) is 5.82 Å². The summed E-state index contributed by atoms with van der Waals surface area (Å²) in [4.78, 5) is 10.9. The fourth-order valence-electron chi connectivity index (χ4n) is 1.06. The van der Waals surface area contributed by atoms with Crippen LogP contribution < -0.4 is 5.73 Å². The second-order valence-corrected chi connectivity index (χ2v) is 5.06. The Kier molecular flexibility index (Phi) is 3.21. The maximum atomic E-state index is 13.3. The van der Waals surface area contributed by atoms with Gasteiger partial charge in [0.1, 0.15) is 5.82 Å². The number of benzene rings is 1. The molecule has 0 unspecified atom stereocenters. The molecule has 0 spiro atoms. The Morgan fingerprint density at radius 2 is 2.07 bits per heavy atom. The van der Waals surface area contributed by atoms with Gasteiger partial charge >= 0.3 is 0 Å². The highest BCUT2D eigenvalue weighted by atomic mass is 32.2. The van der Waals surface area contributed by atoms with E-state index in [1.54, 1.807) is 0 Å². The van der Waals surface area contributed by atoms with Crippen molar-refractivity contribution in [3.63, 3.8) is 0 Å². The zero-order chi connectivity index (χ0) is 11.6. The Morgan fingerprint density at radius 1 is 1.47 bits per heavy atom. The lowest BCUT2D eigenvalue weighted by Crippen LogP contribution is -2.15. The van der Waals surface area contributed by atoms with Gasteiger partial charge in [0.25, 0.3) is 0 Å². The molecule has 0 radical (unpaired) electrons. The lowest BCUT2D eigenvalue weighted by atomic mass is 10.1. The van der Waals surface area contributed by atoms with E-state index in [0.717, 1.165) is 18.4 Å². The van der Waals surface area contributed by atoms with Crippen molar-refractivity contribution in [2.75, 3.05) is 12.8 Å². The summed E-state index contributed by atoms with van der Waals surface area (Å²) in [6.45, 7) is -0.310. The van der Waals surface area contributed by atoms with Crippen molar-refractivity contribution in [3.8, 4) is 0 Å². The van der Waals surface area contributed by atoms with Crippen LogP contribution in [0.25, 0.3) is 0 Å². The van der Waals surface area contributed by atoms with E-state index in [1.165, 1.54) is 6.07 Å². The number of Topliss-reactive ketones (excluding diaryl/α,β-unsaturated/α-hetero) is 1. The van der Waals surface area contributed by atoms with Crippen molar-refractivity contribution in [2.24, 2.45) is 5.73 Å². The highest BCUT2D eigenvalue weighted by Gasteiger charge is 2.14. The average molecular weight is 231 g/mol. The Bertz CT molecular complexity index is 496. The predicted octanol–water partition coefficient (Wildman–Crippen LogP) is 0.371. The molecule has 0 fully saturated rings. The Labute approximate surface area is 86.8 Å². The lowest BCUT2D eigenvalue weighted by Gasteiger charge is -2.02. The fraction of sp³-hybridized carbons (Fsp3) is 0.222. The second-order valence-electron chi connectivity index (χ2n) is 3.04. The van der Waals surface area contributed by atoms with E-state index in [1.807, 2.05) is 0 Å². The van der Waals surface area contributed by atoms with Crippen LogP contribution in [0.3, 0.4) is 0 Å². The van der Waals surface area contributed by atoms with Gasteiger partial charge in [0.05, 0.1) is 17.0 Å². The molecule has 82 valence electrons. The fourth-order valence-corrected chi connectivity index (χ4v) is 1.70. The van der Waals surface area contributed by atoms with E-state index < -0.39 is 21.4 Å². The maximum absolute atomic E-state index is 13.3. The molecule has 0 aliphatic carbocycles. The zero-order valence-electron chi connectivity index (χ0n) is 8.03. The Balaban J connectivity index is 3.27. The van der Waals surface area contributed by atoms with Crippen LogP contribution in [0.4, 0.5) is 4.39 Å². The first-order valence-corrected chi connectivity index (χ1v) is 5.98. The molecule has 0 bridgehead atoms. The van der Waals surface area contributed by atoms with Crippen LogP contribution in [-0.2, 0) is 9.84 Å². The normalized spacial score (nSPS) is 11.4. The molecule has 0 saturated heterocycles. The summed E-state index contributed by atoms with van der Waals surface area (Å²) in [5.74, 6) is -1.43. The standard InChI is InChI=1S/C9H10FNO3S/c1-15(13,14)6-2-3-7(8(10)4-6)9(12)5-11/h2-4H,5,11H2,1H3. The largest absolute Gasteiger partial charge is 0.324 e. The van der Waals surface area contributed by atoms with Crippen LogP contribution in [0.15, 0.2) is 23.1 Å². The summed E-state index contributed by atoms with van der Waals surface area (Å²) in [6, 6.07) is 3.13. The second kappa shape index (κ2) is 4.08. The summed E-state index contributed by atoms with van der Waals surface area (Å²) >= 11 is 0. The van der Waals surface area contributed by atoms with Gasteiger partial charge in [-0.05, 0) is 18.2 Å². The van der Waals surface area contributed by atoms with E-state index in [2.05, 4.69) is 0 Å². The average Bonchev–Trinajstić information content (AvgIpc) is 2.15. The van der Waals surface area contributed by atoms with Gasteiger partial charge in [-0.2, -0.15) is 0 Å². The number of rotatable bonds is 3. The van der Waals surface area contributed by atoms with Crippen molar-refractivity contribution in [3.05, 3.63) is 29.6 Å². The summed E-state index contributed by atoms with van der Waals surface area (Å²) in [5.41, 5.74) is 4.87. The molecule has 4 nitrogen and oxygen atoms in total. The molecular weight excluding hydrogens is 221 g/mol. The monoisotopic (exact) mass is 231 g/mol. The van der Waals surface area contributed by atoms with E-state index in [4.69, 9.17) is 5.73 Å². The smallest absolute Gasteiger partial charge is 0.179 e. The number of sulfone groups is 1. The molecule has 1 rings (SSSR count). The molecule has 0 amide bonds. The van der Waals surface area contributed by atoms with Gasteiger partial charge in [-0.3, -0.25) is 4.79 Å². The van der Waals surface area contributed by atoms with Gasteiger partial charge in [0, 0.05) is 6.26 Å². The minimum atomic E-state index is -3.46. The Hall–Kier alpha value is -1.27. The minimum Gasteiger partial charge on any atom is -0.324 e. The third-order valence-corrected chi connectivity index (χ3v) is 2.96. The van der Waals surface area contributed by atoms with Crippen LogP contribution >= 0.6 is 0 Å². The number of ketones is 1. The first kappa shape index (κ1) is 11.8. The highest BCUT2D eigenvalue weighted by Crippen LogP contribution is 2.14. The molecule has 2 N–H and O–H groups in total. The summed E-state index contributed by atoms with van der Waals surface area (Å²) in [7, 11) is -3.46. The molecule has 1 aromatic carbocycles. The highest BCUT2D eigenvalue weighted by molar-refractivity contribution is 7.90. The van der Waals surface area contributed by atoms with Crippen molar-refractivity contribution >= 4 is 15.6 Å². The first-order chi connectivity index (χ1) is 6.86. The van der Waals surface area contributed by atoms with Crippen molar-refractivity contribution in [1.82, 2.24) is 0 Å². The number of hydrogen-bond acceptors (Lipinski definition) is 4. The number of nitrogens with two attached hydrogens (primary N) is 1. The predicted molar refractivity (Wildman–Crippen MR) is 52.9 cm³/mol. The zero-order valence-corrected chi connectivity index (χ0v) is 8.84. The van der Waals surface area contributed by atoms with Crippen LogP contribution in [0.1, 0.15) is 10.4 Å². The van der Waals surface area contributed by atoms with E-state index in [0.29, 0.717) is 0 Å². The topological polar surface area (TPSA) is 77.2 Å². The number of hydrogen-bond donors (Lipinski definition) is 1. The summed E-state index contributed by atoms with van der Waals surface area (Å²) < 4.78 is 35.4. The van der Waals surface area contributed by atoms with Crippen LogP contribution in [0.2, 0.25) is 0 Å². The molecule has 0 saturated carbocycles. The molecule has 15 heavy (non-hydrogen) atoms. The molecule has 0 aliphatic rings. The first-order valence-electron chi connectivity index (χ1n) is 4.09. The van der Waals surface area contributed by atoms with E-state index in [-0.39, 0.29) is 17.0 Å². The molecule has 0 heterocycles. The summed E-state index contributed by atoms with van der Waals surface area (Å²) in [6.07, 6.45) is 0.964. The van der Waals surface area contributed by atoms with Gasteiger partial charge < -0.3 is 5.73 Å². The van der Waals surface area contributed by atoms with E-state index in [9.17, 15) is 17.6 Å². The molecule has 6 heteroatoms. The van der Waals surface area contributed by atoms with Crippen LogP contribution in [0.5, 0.6) is 0 Å². The molecule has 0 atom stereocenters. The van der Waals surface area contributed by atoms with Crippen molar-refractivity contribution in [2.45, 2.75) is 4.90 Å². The van der Waals surface area contributed by atoms with Gasteiger partial charge in [-0.25, -0.2) is 12.8 Å². The number of halogens is 1. The van der Waals surface area contributed by atoms with E-state index >= 15 is 0 Å². The van der Waals surface area contributed by atoms with Gasteiger partial charge in [0.2, 0.25) is 0 Å². The van der Waals surface area contributed by atoms with Gasteiger partial charge in [-0.15, -0.1) is 0 Å². The minimum absolute atomic E-state index is 0.159. The van der Waals surface area contributed by atoms with Crippen molar-refractivity contribution < 1.29 is 17.6 Å². The van der Waals surface area contributed by atoms with Crippen molar-refractivity contribution in [1.29, 1.82) is 0 Å². The third kappa shape index (κ3) is 2.60. The summed E-state index contributed by atoms with van der Waals surface area (Å²) in [5, 5.41) is 0. The quantitative estimate of drug-likeness (QED) is 0.762. The maximum Gasteiger partial charge on any atom is 0.179 e. The van der Waals surface area contributed by atoms with Crippen LogP contribution in [-0.4, -0.2) is 27.0 Å². The third-order valence-electron chi connectivity index (χ3n) is 1.85. The SMILES string of the molecule is CS(=O)(=O)c1ccc(C(=O)CN)c(F)c1. The molecule has 1 aromatic rings. The number of carbonyl (C=O) groups is 1. The molecule has 0 aliphatic heterocycles. The number of carbonyl (C=O) groups excluding carboxylic acids is 1. The molecule has 0 aromatic heterocycles. The Morgan fingerprint density at radius 3 is 2.47 bits per heavy atom. The molecular formula is C9H10FNO3S. The lowest BCUT2D eigenvalue weighted by molar-refractivity contribution is 0.0997. The van der Waals surface area contributed by atoms with Gasteiger partial charge in [0.15, 0.2) is 15.6 Å². The van der Waals surface area contributed by atoms with Gasteiger partial charge in [-0.1, -0.05) is 0 Å².